The molecule has 0 atom stereocenters. The molecule has 3 N–H and O–H groups in total. The van der Waals surface area contributed by atoms with Crippen LogP contribution in [-0.2, 0) is 6.42 Å². The van der Waals surface area contributed by atoms with E-state index in [4.69, 9.17) is 4.42 Å². The summed E-state index contributed by atoms with van der Waals surface area (Å²) in [6.45, 7) is 0.486. The molecule has 0 aliphatic heterocycles. The Labute approximate surface area is 135 Å². The Morgan fingerprint density at radius 3 is 3.00 bits per heavy atom. The fourth-order valence-corrected chi connectivity index (χ4v) is 2.64. The monoisotopic (exact) mass is 322 g/mol. The lowest BCUT2D eigenvalue weighted by Crippen LogP contribution is -2.25. The van der Waals surface area contributed by atoms with Gasteiger partial charge in [0.1, 0.15) is 0 Å². The zero-order chi connectivity index (χ0) is 16.5. The van der Waals surface area contributed by atoms with Gasteiger partial charge in [0.2, 0.25) is 0 Å². The molecular formula is C17H14N4O3. The van der Waals surface area contributed by atoms with Gasteiger partial charge in [-0.1, -0.05) is 6.07 Å². The molecule has 2 aromatic heterocycles. The number of aromatic nitrogens is 3. The van der Waals surface area contributed by atoms with Crippen molar-refractivity contribution in [3.8, 4) is 0 Å². The summed E-state index contributed by atoms with van der Waals surface area (Å²) < 4.78 is 5.03. The van der Waals surface area contributed by atoms with E-state index in [1.165, 1.54) is 0 Å². The van der Waals surface area contributed by atoms with Crippen LogP contribution in [0.15, 0.2) is 51.9 Å². The van der Waals surface area contributed by atoms with Gasteiger partial charge in [-0.2, -0.15) is 0 Å². The van der Waals surface area contributed by atoms with Crippen molar-refractivity contribution in [3.05, 3.63) is 64.4 Å². The lowest BCUT2D eigenvalue weighted by Gasteiger charge is -2.05. The number of carbonyl (C=O) groups is 1. The number of hydrogen-bond donors (Lipinski definition) is 3. The molecule has 0 radical (unpaired) electrons. The highest BCUT2D eigenvalue weighted by Crippen LogP contribution is 2.13. The number of H-pyrrole nitrogens is 2. The van der Waals surface area contributed by atoms with E-state index in [-0.39, 0.29) is 5.91 Å². The van der Waals surface area contributed by atoms with E-state index in [0.29, 0.717) is 29.6 Å². The van der Waals surface area contributed by atoms with Gasteiger partial charge in [-0.15, -0.1) is 0 Å². The average molecular weight is 322 g/mol. The SMILES string of the molecule is O=C(NCCc1ccc2[nH]c(=O)oc2c1)c1ccc2nc[nH]c2c1. The fourth-order valence-electron chi connectivity index (χ4n) is 2.64. The minimum absolute atomic E-state index is 0.138. The Bertz CT molecular complexity index is 1090. The summed E-state index contributed by atoms with van der Waals surface area (Å²) in [5, 5.41) is 2.88. The molecule has 7 nitrogen and oxygen atoms in total. The summed E-state index contributed by atoms with van der Waals surface area (Å²) in [5.41, 5.74) is 4.41. The van der Waals surface area contributed by atoms with Crippen LogP contribution in [0.4, 0.5) is 0 Å². The lowest BCUT2D eigenvalue weighted by molar-refractivity contribution is 0.0954. The van der Waals surface area contributed by atoms with Crippen LogP contribution in [0, 0.1) is 0 Å². The number of fused-ring (bicyclic) bond motifs is 2. The summed E-state index contributed by atoms with van der Waals surface area (Å²) in [5.74, 6) is -0.606. The molecule has 2 aromatic carbocycles. The predicted octanol–water partition coefficient (Wildman–Crippen LogP) is 1.97. The molecule has 2 heterocycles. The summed E-state index contributed by atoms with van der Waals surface area (Å²) >= 11 is 0. The van der Waals surface area contributed by atoms with Crippen molar-refractivity contribution < 1.29 is 9.21 Å². The molecule has 0 aliphatic carbocycles. The van der Waals surface area contributed by atoms with Crippen LogP contribution < -0.4 is 11.1 Å². The minimum atomic E-state index is -0.468. The number of rotatable bonds is 4. The second kappa shape index (κ2) is 5.69. The number of benzene rings is 2. The van der Waals surface area contributed by atoms with E-state index in [1.54, 1.807) is 30.6 Å². The summed E-state index contributed by atoms with van der Waals surface area (Å²) in [6.07, 6.45) is 2.24. The number of carbonyl (C=O) groups excluding carboxylic acids is 1. The van der Waals surface area contributed by atoms with E-state index in [0.717, 1.165) is 16.6 Å². The van der Waals surface area contributed by atoms with Gasteiger partial charge in [0, 0.05) is 12.1 Å². The Morgan fingerprint density at radius 1 is 1.17 bits per heavy atom. The highest BCUT2D eigenvalue weighted by atomic mass is 16.4. The van der Waals surface area contributed by atoms with Crippen LogP contribution in [-0.4, -0.2) is 27.4 Å². The Morgan fingerprint density at radius 2 is 2.08 bits per heavy atom. The first kappa shape index (κ1) is 14.3. The number of aromatic amines is 2. The highest BCUT2D eigenvalue weighted by Gasteiger charge is 2.07. The summed E-state index contributed by atoms with van der Waals surface area (Å²) in [7, 11) is 0. The molecule has 0 unspecified atom stereocenters. The van der Waals surface area contributed by atoms with Gasteiger partial charge in [0.25, 0.3) is 5.91 Å². The topological polar surface area (TPSA) is 104 Å². The predicted molar refractivity (Wildman–Crippen MR) is 89.0 cm³/mol. The molecule has 1 amide bonds. The Hall–Kier alpha value is -3.35. The summed E-state index contributed by atoms with van der Waals surface area (Å²) in [6, 6.07) is 10.8. The van der Waals surface area contributed by atoms with Crippen molar-refractivity contribution in [3.63, 3.8) is 0 Å². The highest BCUT2D eigenvalue weighted by molar-refractivity contribution is 5.97. The van der Waals surface area contributed by atoms with Crippen molar-refractivity contribution in [2.24, 2.45) is 0 Å². The normalized spacial score (nSPS) is 11.2. The van der Waals surface area contributed by atoms with Gasteiger partial charge in [-0.3, -0.25) is 9.78 Å². The molecule has 4 rings (SSSR count). The van der Waals surface area contributed by atoms with Crippen LogP contribution in [0.2, 0.25) is 0 Å². The van der Waals surface area contributed by atoms with Gasteiger partial charge in [0.05, 0.1) is 22.9 Å². The van der Waals surface area contributed by atoms with E-state index < -0.39 is 5.76 Å². The number of nitrogens with one attached hydrogen (secondary N) is 3. The first-order valence-corrected chi connectivity index (χ1v) is 7.52. The van der Waals surface area contributed by atoms with E-state index in [9.17, 15) is 9.59 Å². The molecule has 4 aromatic rings. The van der Waals surface area contributed by atoms with E-state index in [2.05, 4.69) is 20.3 Å². The molecule has 0 saturated heterocycles. The lowest BCUT2D eigenvalue weighted by atomic mass is 10.1. The molecular weight excluding hydrogens is 308 g/mol. The second-order valence-corrected chi connectivity index (χ2v) is 5.49. The van der Waals surface area contributed by atoms with Crippen molar-refractivity contribution in [1.29, 1.82) is 0 Å². The molecule has 24 heavy (non-hydrogen) atoms. The molecule has 0 bridgehead atoms. The Kier molecular flexibility index (Phi) is 3.38. The zero-order valence-electron chi connectivity index (χ0n) is 12.6. The maximum absolute atomic E-state index is 12.2. The Balaban J connectivity index is 1.41. The second-order valence-electron chi connectivity index (χ2n) is 5.49. The maximum Gasteiger partial charge on any atom is 0.417 e. The molecule has 0 spiro atoms. The first-order valence-electron chi connectivity index (χ1n) is 7.52. The minimum Gasteiger partial charge on any atom is -0.408 e. The van der Waals surface area contributed by atoms with Crippen LogP contribution >= 0.6 is 0 Å². The molecule has 120 valence electrons. The van der Waals surface area contributed by atoms with Crippen molar-refractivity contribution in [2.75, 3.05) is 6.54 Å². The van der Waals surface area contributed by atoms with Crippen LogP contribution in [0.1, 0.15) is 15.9 Å². The van der Waals surface area contributed by atoms with Gasteiger partial charge in [0.15, 0.2) is 5.58 Å². The number of oxazole rings is 1. The van der Waals surface area contributed by atoms with E-state index >= 15 is 0 Å². The van der Waals surface area contributed by atoms with Crippen LogP contribution in [0.3, 0.4) is 0 Å². The third-order valence-electron chi connectivity index (χ3n) is 3.87. The molecule has 0 fully saturated rings. The number of amides is 1. The van der Waals surface area contributed by atoms with Crippen LogP contribution in [0.5, 0.6) is 0 Å². The van der Waals surface area contributed by atoms with Crippen molar-refractivity contribution in [2.45, 2.75) is 6.42 Å². The molecule has 0 saturated carbocycles. The largest absolute Gasteiger partial charge is 0.417 e. The average Bonchev–Trinajstić information content (AvgIpc) is 3.18. The standard InChI is InChI=1S/C17H14N4O3/c22-16(11-2-4-12-14(8-11)20-9-19-12)18-6-5-10-1-3-13-15(7-10)24-17(23)21-13/h1-4,7-9H,5-6H2,(H,18,22)(H,19,20)(H,21,23). The quantitative estimate of drug-likeness (QED) is 0.534. The fraction of sp³-hybridized carbons (Fsp3) is 0.118. The van der Waals surface area contributed by atoms with Gasteiger partial charge in [-0.05, 0) is 42.3 Å². The number of imidazole rings is 1. The van der Waals surface area contributed by atoms with Crippen molar-refractivity contribution >= 4 is 28.0 Å². The van der Waals surface area contributed by atoms with E-state index in [1.807, 2.05) is 12.1 Å². The molecule has 7 heteroatoms. The smallest absolute Gasteiger partial charge is 0.408 e. The van der Waals surface area contributed by atoms with Gasteiger partial charge < -0.3 is 14.7 Å². The summed E-state index contributed by atoms with van der Waals surface area (Å²) in [4.78, 5) is 33.1. The third-order valence-corrected chi connectivity index (χ3v) is 3.87. The van der Waals surface area contributed by atoms with Crippen LogP contribution in [0.25, 0.3) is 22.1 Å². The van der Waals surface area contributed by atoms with Gasteiger partial charge in [-0.25, -0.2) is 9.78 Å². The zero-order valence-corrected chi connectivity index (χ0v) is 12.6. The molecule has 0 aliphatic rings. The number of hydrogen-bond acceptors (Lipinski definition) is 4. The third kappa shape index (κ3) is 2.67. The number of nitrogens with zero attached hydrogens (tertiary/aromatic N) is 1. The van der Waals surface area contributed by atoms with Crippen molar-refractivity contribution in [1.82, 2.24) is 20.3 Å². The first-order chi connectivity index (χ1) is 11.7. The van der Waals surface area contributed by atoms with Gasteiger partial charge >= 0.3 is 5.76 Å². The maximum atomic E-state index is 12.2.